The molecule has 0 unspecified atom stereocenters. The zero-order chi connectivity index (χ0) is 15.0. The Morgan fingerprint density at radius 1 is 1.20 bits per heavy atom. The molecule has 0 spiro atoms. The highest BCUT2D eigenvalue weighted by molar-refractivity contribution is 5.87. The second-order valence-corrected chi connectivity index (χ2v) is 5.14. The number of carbonyl (C=O) groups is 1. The fourth-order valence-electron chi connectivity index (χ4n) is 1.81. The number of aromatic carboxylic acids is 1. The van der Waals surface area contributed by atoms with Crippen molar-refractivity contribution in [3.05, 3.63) is 29.8 Å². The fourth-order valence-corrected chi connectivity index (χ4v) is 1.81. The van der Waals surface area contributed by atoms with Gasteiger partial charge in [-0.05, 0) is 58.9 Å². The SMILES string of the molecule is CN(C)CCCN(C)CCOc1cccc(C(=O)O)c1. The number of ether oxygens (including phenoxy) is 1. The summed E-state index contributed by atoms with van der Waals surface area (Å²) >= 11 is 0. The van der Waals surface area contributed by atoms with Gasteiger partial charge in [0.2, 0.25) is 0 Å². The molecular weight excluding hydrogens is 256 g/mol. The van der Waals surface area contributed by atoms with Gasteiger partial charge in [0.05, 0.1) is 5.56 Å². The Morgan fingerprint density at radius 3 is 2.60 bits per heavy atom. The zero-order valence-corrected chi connectivity index (χ0v) is 12.5. The van der Waals surface area contributed by atoms with Crippen molar-refractivity contribution in [2.75, 3.05) is 47.4 Å². The van der Waals surface area contributed by atoms with E-state index in [1.165, 1.54) is 0 Å². The summed E-state index contributed by atoms with van der Waals surface area (Å²) in [7, 11) is 6.20. The van der Waals surface area contributed by atoms with Crippen LogP contribution in [0.15, 0.2) is 24.3 Å². The van der Waals surface area contributed by atoms with Crippen molar-refractivity contribution < 1.29 is 14.6 Å². The average Bonchev–Trinajstić information content (AvgIpc) is 2.38. The maximum Gasteiger partial charge on any atom is 0.335 e. The number of benzene rings is 1. The third kappa shape index (κ3) is 6.54. The number of likely N-dealkylation sites (N-methyl/N-ethyl adjacent to an activating group) is 1. The van der Waals surface area contributed by atoms with Crippen LogP contribution in [0.25, 0.3) is 0 Å². The van der Waals surface area contributed by atoms with Crippen LogP contribution in [0.4, 0.5) is 0 Å². The van der Waals surface area contributed by atoms with E-state index in [-0.39, 0.29) is 5.56 Å². The van der Waals surface area contributed by atoms with Gasteiger partial charge in [0, 0.05) is 6.54 Å². The molecule has 1 aromatic rings. The summed E-state index contributed by atoms with van der Waals surface area (Å²) < 4.78 is 5.58. The number of carboxylic acids is 1. The summed E-state index contributed by atoms with van der Waals surface area (Å²) in [6, 6.07) is 6.58. The molecule has 0 aromatic heterocycles. The van der Waals surface area contributed by atoms with Gasteiger partial charge in [-0.1, -0.05) is 6.07 Å². The Balaban J connectivity index is 2.26. The number of nitrogens with zero attached hydrogens (tertiary/aromatic N) is 2. The first kappa shape index (κ1) is 16.5. The molecule has 5 nitrogen and oxygen atoms in total. The first-order valence-electron chi connectivity index (χ1n) is 6.78. The van der Waals surface area contributed by atoms with Crippen LogP contribution in [0.5, 0.6) is 5.75 Å². The molecule has 0 saturated heterocycles. The highest BCUT2D eigenvalue weighted by Crippen LogP contribution is 2.13. The van der Waals surface area contributed by atoms with Gasteiger partial charge >= 0.3 is 5.97 Å². The second kappa shape index (κ2) is 8.55. The first-order chi connectivity index (χ1) is 9.49. The highest BCUT2D eigenvalue weighted by Gasteiger charge is 2.04. The van der Waals surface area contributed by atoms with Crippen LogP contribution in [0.1, 0.15) is 16.8 Å². The largest absolute Gasteiger partial charge is 0.492 e. The minimum Gasteiger partial charge on any atom is -0.492 e. The van der Waals surface area contributed by atoms with E-state index < -0.39 is 5.97 Å². The topological polar surface area (TPSA) is 53.0 Å². The number of hydrogen-bond donors (Lipinski definition) is 1. The Morgan fingerprint density at radius 2 is 1.95 bits per heavy atom. The molecule has 0 bridgehead atoms. The smallest absolute Gasteiger partial charge is 0.335 e. The summed E-state index contributed by atoms with van der Waals surface area (Å²) in [4.78, 5) is 15.2. The van der Waals surface area contributed by atoms with Crippen molar-refractivity contribution in [3.63, 3.8) is 0 Å². The summed E-state index contributed by atoms with van der Waals surface area (Å²) in [5, 5.41) is 8.90. The lowest BCUT2D eigenvalue weighted by atomic mass is 10.2. The maximum atomic E-state index is 10.8. The molecule has 20 heavy (non-hydrogen) atoms. The standard InChI is InChI=1S/C15H24N2O3/c1-16(2)8-5-9-17(3)10-11-20-14-7-4-6-13(12-14)15(18)19/h4,6-7,12H,5,8-11H2,1-3H3,(H,18,19). The highest BCUT2D eigenvalue weighted by atomic mass is 16.5. The van der Waals surface area contributed by atoms with Crippen LogP contribution >= 0.6 is 0 Å². The molecule has 0 aliphatic carbocycles. The quantitative estimate of drug-likeness (QED) is 0.745. The van der Waals surface area contributed by atoms with E-state index in [0.717, 1.165) is 26.1 Å². The van der Waals surface area contributed by atoms with E-state index in [4.69, 9.17) is 9.84 Å². The van der Waals surface area contributed by atoms with E-state index in [9.17, 15) is 4.79 Å². The van der Waals surface area contributed by atoms with Gasteiger partial charge in [0.25, 0.3) is 0 Å². The lowest BCUT2D eigenvalue weighted by Crippen LogP contribution is -2.27. The molecule has 112 valence electrons. The third-order valence-electron chi connectivity index (χ3n) is 2.97. The minimum absolute atomic E-state index is 0.252. The van der Waals surface area contributed by atoms with Crippen molar-refractivity contribution in [3.8, 4) is 5.75 Å². The van der Waals surface area contributed by atoms with Gasteiger partial charge in [0.1, 0.15) is 12.4 Å². The first-order valence-corrected chi connectivity index (χ1v) is 6.78. The molecule has 0 heterocycles. The summed E-state index contributed by atoms with van der Waals surface area (Å²) in [5.74, 6) is -0.331. The monoisotopic (exact) mass is 280 g/mol. The van der Waals surface area contributed by atoms with Crippen LogP contribution in [-0.4, -0.2) is 68.3 Å². The average molecular weight is 280 g/mol. The van der Waals surface area contributed by atoms with Crippen molar-refractivity contribution >= 4 is 5.97 Å². The van der Waals surface area contributed by atoms with Gasteiger partial charge in [-0.2, -0.15) is 0 Å². The van der Waals surface area contributed by atoms with Crippen molar-refractivity contribution in [2.45, 2.75) is 6.42 Å². The molecule has 1 rings (SSSR count). The van der Waals surface area contributed by atoms with Gasteiger partial charge in [-0.25, -0.2) is 4.79 Å². The summed E-state index contributed by atoms with van der Waals surface area (Å²) in [6.45, 7) is 3.48. The van der Waals surface area contributed by atoms with Gasteiger partial charge in [-0.3, -0.25) is 0 Å². The van der Waals surface area contributed by atoms with E-state index in [1.807, 2.05) is 0 Å². The summed E-state index contributed by atoms with van der Waals surface area (Å²) in [5.41, 5.74) is 0.252. The van der Waals surface area contributed by atoms with Crippen LogP contribution in [0.2, 0.25) is 0 Å². The minimum atomic E-state index is -0.934. The molecule has 0 atom stereocenters. The Bertz CT molecular complexity index is 421. The number of rotatable bonds is 9. The Kier molecular flexibility index (Phi) is 7.04. The molecule has 0 saturated carbocycles. The predicted octanol–water partition coefficient (Wildman–Crippen LogP) is 1.65. The fraction of sp³-hybridized carbons (Fsp3) is 0.533. The molecular formula is C15H24N2O3. The number of carboxylic acid groups (broad SMARTS) is 1. The molecule has 0 aliphatic rings. The maximum absolute atomic E-state index is 10.8. The van der Waals surface area contributed by atoms with Gasteiger partial charge in [-0.15, -0.1) is 0 Å². The predicted molar refractivity (Wildman–Crippen MR) is 79.6 cm³/mol. The van der Waals surface area contributed by atoms with Crippen LogP contribution in [0.3, 0.4) is 0 Å². The van der Waals surface area contributed by atoms with Crippen molar-refractivity contribution in [1.29, 1.82) is 0 Å². The third-order valence-corrected chi connectivity index (χ3v) is 2.97. The molecule has 5 heteroatoms. The van der Waals surface area contributed by atoms with E-state index in [2.05, 4.69) is 30.9 Å². The molecule has 1 aromatic carbocycles. The van der Waals surface area contributed by atoms with Crippen LogP contribution in [0, 0.1) is 0 Å². The van der Waals surface area contributed by atoms with E-state index in [1.54, 1.807) is 24.3 Å². The Hall–Kier alpha value is -1.59. The van der Waals surface area contributed by atoms with Crippen molar-refractivity contribution in [2.24, 2.45) is 0 Å². The molecule has 0 amide bonds. The lowest BCUT2D eigenvalue weighted by molar-refractivity contribution is 0.0696. The zero-order valence-electron chi connectivity index (χ0n) is 12.5. The van der Waals surface area contributed by atoms with E-state index in [0.29, 0.717) is 12.4 Å². The number of hydrogen-bond acceptors (Lipinski definition) is 4. The normalized spacial score (nSPS) is 11.1. The molecule has 0 radical (unpaired) electrons. The van der Waals surface area contributed by atoms with Crippen LogP contribution < -0.4 is 4.74 Å². The molecule has 0 fully saturated rings. The molecule has 0 aliphatic heterocycles. The van der Waals surface area contributed by atoms with Crippen LogP contribution in [-0.2, 0) is 0 Å². The lowest BCUT2D eigenvalue weighted by Gasteiger charge is -2.18. The Labute approximate surface area is 120 Å². The van der Waals surface area contributed by atoms with Gasteiger partial charge in [0.15, 0.2) is 0 Å². The summed E-state index contributed by atoms with van der Waals surface area (Å²) in [6.07, 6.45) is 1.12. The van der Waals surface area contributed by atoms with Crippen molar-refractivity contribution in [1.82, 2.24) is 9.80 Å². The second-order valence-electron chi connectivity index (χ2n) is 5.14. The van der Waals surface area contributed by atoms with E-state index >= 15 is 0 Å². The van der Waals surface area contributed by atoms with Gasteiger partial charge < -0.3 is 19.6 Å². The molecule has 1 N–H and O–H groups in total.